The molecular formula is C24H34N2. The topological polar surface area (TPSA) is 24.1 Å². The zero-order valence-corrected chi connectivity index (χ0v) is 17.2. The van der Waals surface area contributed by atoms with Crippen molar-refractivity contribution in [1.82, 2.24) is 5.32 Å². The first-order valence-corrected chi connectivity index (χ1v) is 9.47. The van der Waals surface area contributed by atoms with E-state index < -0.39 is 0 Å². The minimum atomic E-state index is 0.844. The zero-order valence-electron chi connectivity index (χ0n) is 17.2. The van der Waals surface area contributed by atoms with Gasteiger partial charge in [-0.3, -0.25) is 0 Å². The number of hydrogen-bond acceptors (Lipinski definition) is 2. The Morgan fingerprint density at radius 3 is 1.85 bits per heavy atom. The van der Waals surface area contributed by atoms with Gasteiger partial charge >= 0.3 is 0 Å². The number of hydrogen-bond donors (Lipinski definition) is 2. The summed E-state index contributed by atoms with van der Waals surface area (Å²) in [7, 11) is 0. The van der Waals surface area contributed by atoms with Gasteiger partial charge in [-0.15, -0.1) is 0 Å². The average Bonchev–Trinajstić information content (AvgIpc) is 2.66. The summed E-state index contributed by atoms with van der Waals surface area (Å²) in [5, 5.41) is 6.89. The Kier molecular flexibility index (Phi) is 9.93. The minimum Gasteiger partial charge on any atom is -0.384 e. The molecule has 2 aromatic carbocycles. The maximum absolute atomic E-state index is 3.45. The van der Waals surface area contributed by atoms with E-state index in [0.717, 1.165) is 18.8 Å². The number of benzene rings is 2. The van der Waals surface area contributed by atoms with Crippen LogP contribution in [0.3, 0.4) is 0 Å². The molecule has 2 N–H and O–H groups in total. The van der Waals surface area contributed by atoms with Gasteiger partial charge < -0.3 is 10.6 Å². The smallest absolute Gasteiger partial charge is 0.0400 e. The SMILES string of the molecule is CC.CC(C)=C/C=C(\C)NCc1ccc(CNc2ccc(C)cc2)cc1. The highest BCUT2D eigenvalue weighted by Gasteiger charge is 1.97. The lowest BCUT2D eigenvalue weighted by atomic mass is 10.1. The fourth-order valence-electron chi connectivity index (χ4n) is 2.24. The van der Waals surface area contributed by atoms with Crippen LogP contribution < -0.4 is 10.6 Å². The maximum Gasteiger partial charge on any atom is 0.0400 e. The van der Waals surface area contributed by atoms with Gasteiger partial charge in [-0.05, 0) is 57.0 Å². The highest BCUT2D eigenvalue weighted by atomic mass is 14.9. The van der Waals surface area contributed by atoms with E-state index in [4.69, 9.17) is 0 Å². The Hall–Kier alpha value is -2.48. The van der Waals surface area contributed by atoms with Gasteiger partial charge in [-0.2, -0.15) is 0 Å². The van der Waals surface area contributed by atoms with Gasteiger partial charge in [0.25, 0.3) is 0 Å². The van der Waals surface area contributed by atoms with Gasteiger partial charge in [0.2, 0.25) is 0 Å². The summed E-state index contributed by atoms with van der Waals surface area (Å²) in [4.78, 5) is 0. The van der Waals surface area contributed by atoms with Crippen molar-refractivity contribution in [3.8, 4) is 0 Å². The lowest BCUT2D eigenvalue weighted by Gasteiger charge is -2.09. The van der Waals surface area contributed by atoms with Gasteiger partial charge in [0, 0.05) is 24.5 Å². The number of nitrogens with one attached hydrogen (secondary N) is 2. The summed E-state index contributed by atoms with van der Waals surface area (Å²) >= 11 is 0. The third-order valence-corrected chi connectivity index (χ3v) is 3.81. The molecule has 0 atom stereocenters. The fourth-order valence-corrected chi connectivity index (χ4v) is 2.24. The van der Waals surface area contributed by atoms with Gasteiger partial charge in [0.05, 0.1) is 0 Å². The van der Waals surface area contributed by atoms with Crippen LogP contribution in [0, 0.1) is 6.92 Å². The molecule has 0 spiro atoms. The number of allylic oxidation sites excluding steroid dienone is 4. The molecule has 2 heteroatoms. The van der Waals surface area contributed by atoms with Crippen LogP contribution >= 0.6 is 0 Å². The lowest BCUT2D eigenvalue weighted by Crippen LogP contribution is -2.10. The monoisotopic (exact) mass is 350 g/mol. The second-order valence-corrected chi connectivity index (χ2v) is 6.48. The second kappa shape index (κ2) is 12.0. The summed E-state index contributed by atoms with van der Waals surface area (Å²) in [6, 6.07) is 17.2. The van der Waals surface area contributed by atoms with E-state index in [9.17, 15) is 0 Å². The van der Waals surface area contributed by atoms with Gasteiger partial charge in [0.15, 0.2) is 0 Å². The van der Waals surface area contributed by atoms with Crippen LogP contribution in [0.1, 0.15) is 51.3 Å². The molecule has 0 saturated carbocycles. The van der Waals surface area contributed by atoms with Crippen molar-refractivity contribution in [2.24, 2.45) is 0 Å². The molecule has 0 aromatic heterocycles. The summed E-state index contributed by atoms with van der Waals surface area (Å²) in [5.74, 6) is 0. The normalized spacial score (nSPS) is 10.5. The molecule has 0 aliphatic heterocycles. The molecule has 2 nitrogen and oxygen atoms in total. The van der Waals surface area contributed by atoms with Crippen molar-refractivity contribution in [2.75, 3.05) is 5.32 Å². The number of aryl methyl sites for hydroxylation is 1. The van der Waals surface area contributed by atoms with Crippen molar-refractivity contribution in [1.29, 1.82) is 0 Å². The first kappa shape index (κ1) is 21.6. The van der Waals surface area contributed by atoms with Crippen LogP contribution in [-0.4, -0.2) is 0 Å². The molecule has 0 bridgehead atoms. The van der Waals surface area contributed by atoms with Crippen molar-refractivity contribution in [3.63, 3.8) is 0 Å². The molecule has 0 heterocycles. The van der Waals surface area contributed by atoms with E-state index in [2.05, 4.69) is 99.0 Å². The van der Waals surface area contributed by atoms with E-state index in [-0.39, 0.29) is 0 Å². The Labute approximate surface area is 160 Å². The van der Waals surface area contributed by atoms with Crippen LogP contribution in [0.4, 0.5) is 5.69 Å². The van der Waals surface area contributed by atoms with Crippen LogP contribution in [0.25, 0.3) is 0 Å². The highest BCUT2D eigenvalue weighted by Crippen LogP contribution is 2.11. The molecule has 0 saturated heterocycles. The summed E-state index contributed by atoms with van der Waals surface area (Å²) in [6.45, 7) is 14.1. The van der Waals surface area contributed by atoms with E-state index in [1.165, 1.54) is 28.0 Å². The quantitative estimate of drug-likeness (QED) is 0.550. The first-order chi connectivity index (χ1) is 12.5. The predicted octanol–water partition coefficient (Wildman–Crippen LogP) is 6.59. The fraction of sp³-hybridized carbons (Fsp3) is 0.333. The number of anilines is 1. The third kappa shape index (κ3) is 8.57. The minimum absolute atomic E-state index is 0.844. The van der Waals surface area contributed by atoms with E-state index in [1.807, 2.05) is 13.8 Å². The van der Waals surface area contributed by atoms with E-state index in [1.54, 1.807) is 0 Å². The van der Waals surface area contributed by atoms with Crippen molar-refractivity contribution in [2.45, 2.75) is 54.6 Å². The second-order valence-electron chi connectivity index (χ2n) is 6.48. The van der Waals surface area contributed by atoms with Gasteiger partial charge in [0.1, 0.15) is 0 Å². The molecule has 2 aromatic rings. The summed E-state index contributed by atoms with van der Waals surface area (Å²) < 4.78 is 0. The summed E-state index contributed by atoms with van der Waals surface area (Å²) in [5.41, 5.74) is 7.51. The lowest BCUT2D eigenvalue weighted by molar-refractivity contribution is 0.811. The van der Waals surface area contributed by atoms with Crippen LogP contribution in [-0.2, 0) is 13.1 Å². The molecule has 140 valence electrons. The molecule has 26 heavy (non-hydrogen) atoms. The molecule has 0 amide bonds. The molecule has 0 unspecified atom stereocenters. The van der Waals surface area contributed by atoms with Gasteiger partial charge in [-0.25, -0.2) is 0 Å². The van der Waals surface area contributed by atoms with Crippen molar-refractivity contribution in [3.05, 3.63) is 88.6 Å². The Morgan fingerprint density at radius 2 is 1.31 bits per heavy atom. The molecule has 0 radical (unpaired) electrons. The molecular weight excluding hydrogens is 316 g/mol. The molecule has 0 fully saturated rings. The Balaban J connectivity index is 0.00000163. The summed E-state index contributed by atoms with van der Waals surface area (Å²) in [6.07, 6.45) is 4.25. The first-order valence-electron chi connectivity index (χ1n) is 9.47. The average molecular weight is 351 g/mol. The van der Waals surface area contributed by atoms with Crippen molar-refractivity contribution < 1.29 is 0 Å². The molecule has 2 rings (SSSR count). The molecule has 0 aliphatic rings. The Morgan fingerprint density at radius 1 is 0.769 bits per heavy atom. The Bertz CT molecular complexity index is 688. The largest absolute Gasteiger partial charge is 0.384 e. The van der Waals surface area contributed by atoms with Gasteiger partial charge in [-0.1, -0.05) is 67.5 Å². The third-order valence-electron chi connectivity index (χ3n) is 3.81. The standard InChI is InChI=1S/C22H28N2.C2H6/c1-17(2)5-8-19(4)23-15-20-9-11-21(12-10-20)16-24-22-13-6-18(3)7-14-22;1-2/h5-14,23-24H,15-16H2,1-4H3;1-2H3/b19-8+;. The van der Waals surface area contributed by atoms with E-state index >= 15 is 0 Å². The van der Waals surface area contributed by atoms with Crippen LogP contribution in [0.2, 0.25) is 0 Å². The van der Waals surface area contributed by atoms with E-state index in [0.29, 0.717) is 0 Å². The zero-order chi connectivity index (χ0) is 19.4. The highest BCUT2D eigenvalue weighted by molar-refractivity contribution is 5.45. The molecule has 0 aliphatic carbocycles. The maximum atomic E-state index is 3.45. The van der Waals surface area contributed by atoms with Crippen molar-refractivity contribution >= 4 is 5.69 Å². The predicted molar refractivity (Wildman–Crippen MR) is 116 cm³/mol. The van der Waals surface area contributed by atoms with Crippen LogP contribution in [0.15, 0.2) is 72.0 Å². The van der Waals surface area contributed by atoms with Crippen LogP contribution in [0.5, 0.6) is 0 Å². The number of rotatable bonds is 7.